The predicted octanol–water partition coefficient (Wildman–Crippen LogP) is 4.37. The number of rotatable bonds is 6. The fraction of sp³-hybridized carbons (Fsp3) is 0.480. The molecule has 30 heavy (non-hydrogen) atoms. The largest absolute Gasteiger partial charge is 0.375 e. The first kappa shape index (κ1) is 21.4. The minimum atomic E-state index is 0.104. The SMILES string of the molecule is CCc1ccc([C@H]2CN(Cc3ccc(Cl)cc3)[C@@H]3CCN(C(=O)COC)C[C@H]23)cc1. The second kappa shape index (κ2) is 9.51. The van der Waals surface area contributed by atoms with Gasteiger partial charge in [-0.1, -0.05) is 54.9 Å². The average molecular weight is 427 g/mol. The lowest BCUT2D eigenvalue weighted by Crippen LogP contribution is -2.49. The van der Waals surface area contributed by atoms with Gasteiger partial charge in [0.15, 0.2) is 0 Å². The van der Waals surface area contributed by atoms with E-state index >= 15 is 0 Å². The van der Waals surface area contributed by atoms with Crippen LogP contribution < -0.4 is 0 Å². The van der Waals surface area contributed by atoms with Crippen LogP contribution in [-0.4, -0.2) is 55.1 Å². The van der Waals surface area contributed by atoms with Gasteiger partial charge in [0.25, 0.3) is 0 Å². The Morgan fingerprint density at radius 1 is 1.07 bits per heavy atom. The average Bonchev–Trinajstić information content (AvgIpc) is 3.13. The van der Waals surface area contributed by atoms with Gasteiger partial charge in [-0.25, -0.2) is 0 Å². The van der Waals surface area contributed by atoms with Crippen molar-refractivity contribution in [1.82, 2.24) is 9.80 Å². The number of fused-ring (bicyclic) bond motifs is 1. The number of hydrogen-bond acceptors (Lipinski definition) is 3. The molecule has 5 heteroatoms. The van der Waals surface area contributed by atoms with Crippen LogP contribution in [0.2, 0.25) is 5.02 Å². The zero-order valence-electron chi connectivity index (χ0n) is 17.9. The number of ether oxygens (including phenoxy) is 1. The molecule has 4 rings (SSSR count). The highest BCUT2D eigenvalue weighted by atomic mass is 35.5. The molecule has 4 nitrogen and oxygen atoms in total. The van der Waals surface area contributed by atoms with Crippen molar-refractivity contribution in [2.45, 2.75) is 38.3 Å². The third-order valence-electron chi connectivity index (χ3n) is 6.77. The molecule has 0 aliphatic carbocycles. The zero-order valence-corrected chi connectivity index (χ0v) is 18.6. The third kappa shape index (κ3) is 4.56. The van der Waals surface area contributed by atoms with Crippen LogP contribution in [0.1, 0.15) is 36.0 Å². The minimum absolute atomic E-state index is 0.104. The Hall–Kier alpha value is -1.88. The standard InChI is InChI=1S/C25H31ClN2O2/c1-3-18-4-8-20(9-5-18)22-15-28(14-19-6-10-21(26)11-7-19)24-12-13-27(16-23(22)24)25(29)17-30-2/h4-11,22-24H,3,12-17H2,1-2H3/t22-,23-,24-/m1/s1. The molecule has 3 atom stereocenters. The van der Waals surface area contributed by atoms with Gasteiger partial charge >= 0.3 is 0 Å². The molecule has 1 amide bonds. The van der Waals surface area contributed by atoms with E-state index in [4.69, 9.17) is 16.3 Å². The van der Waals surface area contributed by atoms with Gasteiger partial charge in [-0.15, -0.1) is 0 Å². The Morgan fingerprint density at radius 2 is 1.77 bits per heavy atom. The van der Waals surface area contributed by atoms with Crippen LogP contribution in [0.4, 0.5) is 0 Å². The van der Waals surface area contributed by atoms with E-state index in [2.05, 4.69) is 48.2 Å². The first-order chi connectivity index (χ1) is 14.6. The van der Waals surface area contributed by atoms with Gasteiger partial charge in [-0.2, -0.15) is 0 Å². The molecule has 0 aromatic heterocycles. The fourth-order valence-electron chi connectivity index (χ4n) is 5.14. The van der Waals surface area contributed by atoms with Crippen molar-refractivity contribution in [3.8, 4) is 0 Å². The summed E-state index contributed by atoms with van der Waals surface area (Å²) in [6, 6.07) is 17.8. The summed E-state index contributed by atoms with van der Waals surface area (Å²) in [7, 11) is 1.59. The van der Waals surface area contributed by atoms with Crippen molar-refractivity contribution in [3.05, 3.63) is 70.2 Å². The highest BCUT2D eigenvalue weighted by Gasteiger charge is 2.45. The molecule has 160 valence electrons. The molecule has 0 saturated carbocycles. The maximum absolute atomic E-state index is 12.5. The van der Waals surface area contributed by atoms with Crippen molar-refractivity contribution < 1.29 is 9.53 Å². The molecule has 2 saturated heterocycles. The van der Waals surface area contributed by atoms with E-state index in [0.29, 0.717) is 17.9 Å². The van der Waals surface area contributed by atoms with Gasteiger partial charge in [-0.05, 0) is 41.7 Å². The quantitative estimate of drug-likeness (QED) is 0.687. The van der Waals surface area contributed by atoms with Gasteiger partial charge < -0.3 is 9.64 Å². The summed E-state index contributed by atoms with van der Waals surface area (Å²) in [5, 5.41) is 0.775. The Bertz CT molecular complexity index is 852. The highest BCUT2D eigenvalue weighted by molar-refractivity contribution is 6.30. The summed E-state index contributed by atoms with van der Waals surface area (Å²) in [4.78, 5) is 17.1. The fourth-order valence-corrected chi connectivity index (χ4v) is 5.27. The van der Waals surface area contributed by atoms with E-state index in [1.165, 1.54) is 16.7 Å². The molecule has 2 aromatic carbocycles. The molecule has 2 aromatic rings. The number of likely N-dealkylation sites (tertiary alicyclic amines) is 2. The van der Waals surface area contributed by atoms with Crippen molar-refractivity contribution in [3.63, 3.8) is 0 Å². The van der Waals surface area contributed by atoms with E-state index in [9.17, 15) is 4.79 Å². The van der Waals surface area contributed by atoms with Crippen molar-refractivity contribution in [1.29, 1.82) is 0 Å². The number of methoxy groups -OCH3 is 1. The number of carbonyl (C=O) groups excluding carboxylic acids is 1. The third-order valence-corrected chi connectivity index (χ3v) is 7.02. The molecule has 0 radical (unpaired) electrons. The first-order valence-electron chi connectivity index (χ1n) is 10.9. The van der Waals surface area contributed by atoms with Crippen LogP contribution in [-0.2, 0) is 22.5 Å². The van der Waals surface area contributed by atoms with Gasteiger partial charge in [0.1, 0.15) is 6.61 Å². The van der Waals surface area contributed by atoms with Crippen molar-refractivity contribution >= 4 is 17.5 Å². The summed E-state index contributed by atoms with van der Waals surface area (Å²) >= 11 is 6.08. The van der Waals surface area contributed by atoms with E-state index < -0.39 is 0 Å². The molecule has 0 spiro atoms. The van der Waals surface area contributed by atoms with Crippen LogP contribution in [0.5, 0.6) is 0 Å². The molecule has 2 fully saturated rings. The lowest BCUT2D eigenvalue weighted by Gasteiger charge is -2.39. The number of aryl methyl sites for hydroxylation is 1. The number of nitrogens with zero attached hydrogens (tertiary/aromatic N) is 2. The summed E-state index contributed by atoms with van der Waals surface area (Å²) < 4.78 is 5.10. The summed E-state index contributed by atoms with van der Waals surface area (Å²) in [6.07, 6.45) is 2.07. The predicted molar refractivity (Wildman–Crippen MR) is 121 cm³/mol. The molecule has 2 heterocycles. The number of amides is 1. The van der Waals surface area contributed by atoms with Crippen LogP contribution in [0.15, 0.2) is 48.5 Å². The topological polar surface area (TPSA) is 32.8 Å². The first-order valence-corrected chi connectivity index (χ1v) is 11.3. The second-order valence-corrected chi connectivity index (χ2v) is 8.99. The lowest BCUT2D eigenvalue weighted by atomic mass is 9.81. The summed E-state index contributed by atoms with van der Waals surface area (Å²) in [5.41, 5.74) is 4.05. The van der Waals surface area contributed by atoms with Crippen LogP contribution >= 0.6 is 11.6 Å². The Balaban J connectivity index is 1.57. The monoisotopic (exact) mass is 426 g/mol. The molecule has 0 unspecified atom stereocenters. The van der Waals surface area contributed by atoms with E-state index in [1.807, 2.05) is 17.0 Å². The Morgan fingerprint density at radius 3 is 2.43 bits per heavy atom. The maximum atomic E-state index is 12.5. The van der Waals surface area contributed by atoms with Crippen LogP contribution in [0, 0.1) is 5.92 Å². The second-order valence-electron chi connectivity index (χ2n) is 8.55. The summed E-state index contributed by atoms with van der Waals surface area (Å²) in [6.45, 7) is 5.92. The van der Waals surface area contributed by atoms with Crippen LogP contribution in [0.25, 0.3) is 0 Å². The van der Waals surface area contributed by atoms with Gasteiger partial charge in [-0.3, -0.25) is 9.69 Å². The number of halogens is 1. The molecule has 0 bridgehead atoms. The zero-order chi connectivity index (χ0) is 21.1. The van der Waals surface area contributed by atoms with E-state index in [1.54, 1.807) is 7.11 Å². The highest BCUT2D eigenvalue weighted by Crippen LogP contribution is 2.42. The molecular formula is C25H31ClN2O2. The number of benzene rings is 2. The van der Waals surface area contributed by atoms with Crippen LogP contribution in [0.3, 0.4) is 0 Å². The van der Waals surface area contributed by atoms with Gasteiger partial charge in [0.2, 0.25) is 5.91 Å². The number of piperidine rings is 1. The summed E-state index contributed by atoms with van der Waals surface area (Å²) in [5.74, 6) is 0.984. The lowest BCUT2D eigenvalue weighted by molar-refractivity contribution is -0.137. The number of hydrogen-bond donors (Lipinski definition) is 0. The molecule has 0 N–H and O–H groups in total. The van der Waals surface area contributed by atoms with Crippen molar-refractivity contribution in [2.75, 3.05) is 33.4 Å². The van der Waals surface area contributed by atoms with E-state index in [-0.39, 0.29) is 12.5 Å². The van der Waals surface area contributed by atoms with Crippen molar-refractivity contribution in [2.24, 2.45) is 5.92 Å². The smallest absolute Gasteiger partial charge is 0.248 e. The Kier molecular flexibility index (Phi) is 6.77. The van der Waals surface area contributed by atoms with E-state index in [0.717, 1.165) is 44.0 Å². The minimum Gasteiger partial charge on any atom is -0.375 e. The van der Waals surface area contributed by atoms with Gasteiger partial charge in [0.05, 0.1) is 0 Å². The maximum Gasteiger partial charge on any atom is 0.248 e. The molecular weight excluding hydrogens is 396 g/mol. The Labute approximate surface area is 184 Å². The molecule has 2 aliphatic heterocycles. The molecule has 2 aliphatic rings. The van der Waals surface area contributed by atoms with Gasteiger partial charge in [0, 0.05) is 56.2 Å². The normalized spacial score (nSPS) is 24.1. The number of carbonyl (C=O) groups is 1.